The Labute approximate surface area is 95.6 Å². The molecule has 1 N–H and O–H groups in total. The minimum Gasteiger partial charge on any atom is -0.478 e. The molecular formula is C12H18N2O2. The molecule has 0 aliphatic rings. The Morgan fingerprint density at radius 2 is 2.19 bits per heavy atom. The molecule has 0 fully saturated rings. The molecule has 16 heavy (non-hydrogen) atoms. The van der Waals surface area contributed by atoms with E-state index in [0.717, 1.165) is 24.2 Å². The molecule has 0 atom stereocenters. The van der Waals surface area contributed by atoms with Crippen LogP contribution in [-0.4, -0.2) is 20.9 Å². The average molecular weight is 222 g/mol. The smallest absolute Gasteiger partial charge is 0.331 e. The fourth-order valence-electron chi connectivity index (χ4n) is 1.44. The van der Waals surface area contributed by atoms with E-state index in [9.17, 15) is 4.79 Å². The number of aromatic nitrogens is 2. The molecule has 0 saturated carbocycles. The van der Waals surface area contributed by atoms with Gasteiger partial charge < -0.3 is 5.11 Å². The number of hydrogen-bond donors (Lipinski definition) is 1. The maximum atomic E-state index is 10.6. The normalized spacial score (nSPS) is 11.8. The van der Waals surface area contributed by atoms with Gasteiger partial charge in [0.2, 0.25) is 0 Å². The van der Waals surface area contributed by atoms with Crippen LogP contribution in [0, 0.1) is 0 Å². The first-order chi connectivity index (χ1) is 7.58. The number of allylic oxidation sites excluding steroid dienone is 1. The summed E-state index contributed by atoms with van der Waals surface area (Å²) in [6.45, 7) is 6.25. The number of hydrogen-bond acceptors (Lipinski definition) is 2. The molecule has 0 radical (unpaired) electrons. The maximum absolute atomic E-state index is 10.6. The van der Waals surface area contributed by atoms with Crippen LogP contribution in [0.5, 0.6) is 0 Å². The van der Waals surface area contributed by atoms with Crippen molar-refractivity contribution in [2.45, 2.75) is 40.2 Å². The van der Waals surface area contributed by atoms with Gasteiger partial charge in [0, 0.05) is 11.3 Å². The molecule has 4 nitrogen and oxygen atoms in total. The van der Waals surface area contributed by atoms with E-state index in [1.807, 2.05) is 4.68 Å². The fourth-order valence-corrected chi connectivity index (χ4v) is 1.44. The van der Waals surface area contributed by atoms with Crippen LogP contribution in [0.2, 0.25) is 0 Å². The largest absolute Gasteiger partial charge is 0.478 e. The van der Waals surface area contributed by atoms with E-state index in [1.165, 1.54) is 0 Å². The van der Waals surface area contributed by atoms with Gasteiger partial charge >= 0.3 is 5.97 Å². The van der Waals surface area contributed by atoms with Crippen molar-refractivity contribution in [3.8, 4) is 0 Å². The van der Waals surface area contributed by atoms with Crippen molar-refractivity contribution < 1.29 is 9.90 Å². The highest BCUT2D eigenvalue weighted by molar-refractivity contribution is 5.85. The van der Waals surface area contributed by atoms with Crippen LogP contribution in [-0.2, 0) is 24.2 Å². The zero-order valence-electron chi connectivity index (χ0n) is 10.0. The van der Waals surface area contributed by atoms with Crippen molar-refractivity contribution in [3.63, 3.8) is 0 Å². The van der Waals surface area contributed by atoms with Gasteiger partial charge in [-0.05, 0) is 25.8 Å². The Morgan fingerprint density at radius 1 is 1.50 bits per heavy atom. The number of carboxylic acids is 1. The van der Waals surface area contributed by atoms with Crippen molar-refractivity contribution in [2.24, 2.45) is 0 Å². The van der Waals surface area contributed by atoms with Crippen molar-refractivity contribution >= 4 is 5.97 Å². The lowest BCUT2D eigenvalue weighted by molar-refractivity contribution is -0.132. The van der Waals surface area contributed by atoms with Crippen LogP contribution >= 0.6 is 0 Å². The van der Waals surface area contributed by atoms with Crippen molar-refractivity contribution in [3.05, 3.63) is 29.1 Å². The van der Waals surface area contributed by atoms with E-state index < -0.39 is 5.97 Å². The predicted octanol–water partition coefficient (Wildman–Crippen LogP) is 2.04. The van der Waals surface area contributed by atoms with Gasteiger partial charge in [0.25, 0.3) is 0 Å². The van der Waals surface area contributed by atoms with Crippen LogP contribution in [0.25, 0.3) is 0 Å². The first kappa shape index (κ1) is 12.5. The molecule has 1 rings (SSSR count). The molecule has 1 aromatic heterocycles. The van der Waals surface area contributed by atoms with E-state index in [1.54, 1.807) is 13.0 Å². The number of carboxylic acid groups (broad SMARTS) is 1. The number of aryl methyl sites for hydroxylation is 2. The molecule has 4 heteroatoms. The van der Waals surface area contributed by atoms with Crippen molar-refractivity contribution in [1.29, 1.82) is 0 Å². The monoisotopic (exact) mass is 222 g/mol. The number of carbonyl (C=O) groups is 1. The third kappa shape index (κ3) is 2.95. The summed E-state index contributed by atoms with van der Waals surface area (Å²) in [7, 11) is 0. The standard InChI is InChI=1S/C12H18N2O2/c1-4-10-8-11(5-2)14(13-10)7-6-9(3)12(15)16/h6,8H,4-5,7H2,1-3H3,(H,15,16)/b9-6-. The molecular weight excluding hydrogens is 204 g/mol. The van der Waals surface area contributed by atoms with Crippen LogP contribution in [0.15, 0.2) is 17.7 Å². The summed E-state index contributed by atoms with van der Waals surface area (Å²) >= 11 is 0. The number of rotatable bonds is 5. The van der Waals surface area contributed by atoms with E-state index in [-0.39, 0.29) is 0 Å². The zero-order valence-corrected chi connectivity index (χ0v) is 10.0. The minimum atomic E-state index is -0.874. The SMILES string of the molecule is CCc1cc(CC)n(C/C=C(/C)C(=O)O)n1. The van der Waals surface area contributed by atoms with Crippen LogP contribution < -0.4 is 0 Å². The number of aliphatic carboxylic acids is 1. The van der Waals surface area contributed by atoms with E-state index in [4.69, 9.17) is 5.11 Å². The zero-order chi connectivity index (χ0) is 12.1. The highest BCUT2D eigenvalue weighted by Gasteiger charge is 2.05. The molecule has 0 spiro atoms. The minimum absolute atomic E-state index is 0.357. The molecule has 0 aliphatic carbocycles. The van der Waals surface area contributed by atoms with Gasteiger partial charge in [-0.15, -0.1) is 0 Å². The topological polar surface area (TPSA) is 55.1 Å². The lowest BCUT2D eigenvalue weighted by Crippen LogP contribution is -2.05. The average Bonchev–Trinajstić information content (AvgIpc) is 2.68. The highest BCUT2D eigenvalue weighted by Crippen LogP contribution is 2.07. The Bertz CT molecular complexity index is 405. The first-order valence-electron chi connectivity index (χ1n) is 5.54. The Hall–Kier alpha value is -1.58. The van der Waals surface area contributed by atoms with Gasteiger partial charge in [0.05, 0.1) is 12.2 Å². The summed E-state index contributed by atoms with van der Waals surface area (Å²) in [6, 6.07) is 2.07. The Balaban J connectivity index is 2.84. The van der Waals surface area contributed by atoms with Crippen molar-refractivity contribution in [1.82, 2.24) is 9.78 Å². The second kappa shape index (κ2) is 5.49. The fraction of sp³-hybridized carbons (Fsp3) is 0.500. The molecule has 0 unspecified atom stereocenters. The molecule has 0 bridgehead atoms. The molecule has 88 valence electrons. The van der Waals surface area contributed by atoms with E-state index in [0.29, 0.717) is 12.1 Å². The van der Waals surface area contributed by atoms with E-state index in [2.05, 4.69) is 25.0 Å². The highest BCUT2D eigenvalue weighted by atomic mass is 16.4. The third-order valence-corrected chi connectivity index (χ3v) is 2.55. The summed E-state index contributed by atoms with van der Waals surface area (Å²) in [5.41, 5.74) is 2.56. The number of nitrogens with zero attached hydrogens (tertiary/aromatic N) is 2. The summed E-state index contributed by atoms with van der Waals surface area (Å²) in [5, 5.41) is 13.1. The lowest BCUT2D eigenvalue weighted by atomic mass is 10.2. The van der Waals surface area contributed by atoms with Crippen molar-refractivity contribution in [2.75, 3.05) is 0 Å². The molecule has 1 aromatic rings. The Morgan fingerprint density at radius 3 is 2.69 bits per heavy atom. The molecule has 0 aliphatic heterocycles. The predicted molar refractivity (Wildman–Crippen MR) is 62.4 cm³/mol. The molecule has 0 saturated heterocycles. The molecule has 0 amide bonds. The molecule has 0 aromatic carbocycles. The Kier molecular flexibility index (Phi) is 4.28. The van der Waals surface area contributed by atoms with E-state index >= 15 is 0 Å². The summed E-state index contributed by atoms with van der Waals surface area (Å²) in [4.78, 5) is 10.6. The third-order valence-electron chi connectivity index (χ3n) is 2.55. The molecule has 1 heterocycles. The summed E-state index contributed by atoms with van der Waals surface area (Å²) in [5.74, 6) is -0.874. The van der Waals surface area contributed by atoms with Crippen LogP contribution in [0.1, 0.15) is 32.2 Å². The van der Waals surface area contributed by atoms with Gasteiger partial charge in [0.1, 0.15) is 0 Å². The van der Waals surface area contributed by atoms with Gasteiger partial charge in [-0.3, -0.25) is 4.68 Å². The van der Waals surface area contributed by atoms with Gasteiger partial charge in [-0.2, -0.15) is 5.10 Å². The second-order valence-electron chi connectivity index (χ2n) is 3.71. The van der Waals surface area contributed by atoms with Gasteiger partial charge in [-0.1, -0.05) is 19.9 Å². The van der Waals surface area contributed by atoms with Crippen LogP contribution in [0.3, 0.4) is 0 Å². The van der Waals surface area contributed by atoms with Gasteiger partial charge in [0.15, 0.2) is 0 Å². The maximum Gasteiger partial charge on any atom is 0.331 e. The summed E-state index contributed by atoms with van der Waals surface area (Å²) < 4.78 is 1.87. The van der Waals surface area contributed by atoms with Crippen LogP contribution in [0.4, 0.5) is 0 Å². The first-order valence-corrected chi connectivity index (χ1v) is 5.54. The summed E-state index contributed by atoms with van der Waals surface area (Å²) in [6.07, 6.45) is 3.50. The van der Waals surface area contributed by atoms with Gasteiger partial charge in [-0.25, -0.2) is 4.79 Å². The lowest BCUT2D eigenvalue weighted by Gasteiger charge is -2.02. The second-order valence-corrected chi connectivity index (χ2v) is 3.71. The quantitative estimate of drug-likeness (QED) is 0.776.